The van der Waals surface area contributed by atoms with Crippen molar-refractivity contribution < 1.29 is 9.90 Å². The number of hydrogen-bond donors (Lipinski definition) is 2. The first-order valence-electron chi connectivity index (χ1n) is 5.08. The van der Waals surface area contributed by atoms with Crippen LogP contribution < -0.4 is 10.9 Å². The zero-order valence-electron chi connectivity index (χ0n) is 9.14. The van der Waals surface area contributed by atoms with E-state index in [0.717, 1.165) is 4.68 Å². The average molecular weight is 225 g/mol. The monoisotopic (exact) mass is 225 g/mol. The van der Waals surface area contributed by atoms with Crippen LogP contribution in [0.3, 0.4) is 0 Å². The van der Waals surface area contributed by atoms with Crippen LogP contribution in [0.15, 0.2) is 16.9 Å². The number of rotatable bonds is 5. The quantitative estimate of drug-likeness (QED) is 0.648. The van der Waals surface area contributed by atoms with Crippen molar-refractivity contribution in [3.63, 3.8) is 0 Å². The molecule has 1 aromatic rings. The predicted molar refractivity (Wildman–Crippen MR) is 58.1 cm³/mol. The fraction of sp³-hybridized carbons (Fsp3) is 0.500. The Kier molecular flexibility index (Phi) is 4.65. The Balaban J connectivity index is 2.53. The lowest BCUT2D eigenvalue weighted by molar-refractivity contribution is 0.0945. The second-order valence-electron chi connectivity index (χ2n) is 3.37. The zero-order chi connectivity index (χ0) is 12.0. The minimum Gasteiger partial charge on any atom is -0.396 e. The number of aliphatic hydroxyl groups excluding tert-OH is 1. The van der Waals surface area contributed by atoms with Crippen molar-refractivity contribution in [1.29, 1.82) is 0 Å². The van der Waals surface area contributed by atoms with Gasteiger partial charge in [-0.3, -0.25) is 9.59 Å². The second kappa shape index (κ2) is 6.02. The summed E-state index contributed by atoms with van der Waals surface area (Å²) in [5.41, 5.74) is -0.0390. The Morgan fingerprint density at radius 3 is 2.88 bits per heavy atom. The van der Waals surface area contributed by atoms with Crippen LogP contribution in [0.4, 0.5) is 0 Å². The summed E-state index contributed by atoms with van der Waals surface area (Å²) in [4.78, 5) is 22.6. The van der Waals surface area contributed by atoms with E-state index in [1.54, 1.807) is 0 Å². The molecule has 0 radical (unpaired) electrons. The number of aryl methyl sites for hydroxylation is 1. The van der Waals surface area contributed by atoms with Crippen LogP contribution in [-0.4, -0.2) is 33.9 Å². The molecule has 2 N–H and O–H groups in total. The number of carbonyl (C=O) groups is 1. The molecule has 0 saturated carbocycles. The highest BCUT2D eigenvalue weighted by atomic mass is 16.3. The van der Waals surface area contributed by atoms with Crippen molar-refractivity contribution in [2.75, 3.05) is 13.2 Å². The lowest BCUT2D eigenvalue weighted by Gasteiger charge is -2.04. The smallest absolute Gasteiger partial charge is 0.271 e. The average Bonchev–Trinajstić information content (AvgIpc) is 2.28. The number of aromatic nitrogens is 2. The topological polar surface area (TPSA) is 84.2 Å². The lowest BCUT2D eigenvalue weighted by Crippen LogP contribution is -2.29. The van der Waals surface area contributed by atoms with Crippen molar-refractivity contribution in [3.05, 3.63) is 28.2 Å². The van der Waals surface area contributed by atoms with E-state index in [0.29, 0.717) is 19.4 Å². The Hall–Kier alpha value is -1.69. The summed E-state index contributed by atoms with van der Waals surface area (Å²) in [5.74, 6) is -0.312. The van der Waals surface area contributed by atoms with Gasteiger partial charge in [0.15, 0.2) is 0 Å². The van der Waals surface area contributed by atoms with Crippen LogP contribution in [0.5, 0.6) is 0 Å². The van der Waals surface area contributed by atoms with Crippen LogP contribution in [0.1, 0.15) is 23.3 Å². The number of nitrogens with one attached hydrogen (secondary N) is 1. The highest BCUT2D eigenvalue weighted by Crippen LogP contribution is 1.91. The number of aliphatic hydroxyl groups is 1. The third kappa shape index (κ3) is 3.47. The first-order valence-corrected chi connectivity index (χ1v) is 5.08. The predicted octanol–water partition coefficient (Wildman–Crippen LogP) is -0.717. The van der Waals surface area contributed by atoms with Gasteiger partial charge >= 0.3 is 0 Å². The molecule has 0 unspecified atom stereocenters. The molecule has 0 aliphatic rings. The molecule has 0 saturated heterocycles. The Labute approximate surface area is 92.9 Å². The van der Waals surface area contributed by atoms with Crippen molar-refractivity contribution in [1.82, 2.24) is 15.1 Å². The van der Waals surface area contributed by atoms with E-state index in [1.165, 1.54) is 19.2 Å². The third-order valence-corrected chi connectivity index (χ3v) is 2.06. The van der Waals surface area contributed by atoms with Gasteiger partial charge in [-0.15, -0.1) is 0 Å². The number of amides is 1. The molecule has 0 aliphatic carbocycles. The highest BCUT2D eigenvalue weighted by Gasteiger charge is 2.07. The Morgan fingerprint density at radius 1 is 1.50 bits per heavy atom. The van der Waals surface area contributed by atoms with Crippen molar-refractivity contribution in [2.24, 2.45) is 7.05 Å². The highest BCUT2D eigenvalue weighted by molar-refractivity contribution is 5.91. The van der Waals surface area contributed by atoms with Gasteiger partial charge in [-0.25, -0.2) is 4.68 Å². The lowest BCUT2D eigenvalue weighted by atomic mass is 10.3. The van der Waals surface area contributed by atoms with Gasteiger partial charge in [0.25, 0.3) is 11.5 Å². The van der Waals surface area contributed by atoms with Crippen molar-refractivity contribution in [3.8, 4) is 0 Å². The maximum atomic E-state index is 11.5. The Morgan fingerprint density at radius 2 is 2.25 bits per heavy atom. The van der Waals surface area contributed by atoms with Crippen LogP contribution in [-0.2, 0) is 7.05 Å². The molecule has 1 amide bonds. The summed E-state index contributed by atoms with van der Waals surface area (Å²) in [6.45, 7) is 0.609. The van der Waals surface area contributed by atoms with Crippen LogP contribution >= 0.6 is 0 Å². The van der Waals surface area contributed by atoms with Gasteiger partial charge in [0.1, 0.15) is 5.69 Å². The molecule has 0 aliphatic heterocycles. The molecule has 0 atom stereocenters. The van der Waals surface area contributed by atoms with E-state index in [1.807, 2.05) is 0 Å². The molecule has 0 fully saturated rings. The van der Waals surface area contributed by atoms with Crippen LogP contribution in [0, 0.1) is 0 Å². The van der Waals surface area contributed by atoms with Crippen LogP contribution in [0.2, 0.25) is 0 Å². The normalized spacial score (nSPS) is 10.1. The maximum Gasteiger partial charge on any atom is 0.271 e. The summed E-state index contributed by atoms with van der Waals surface area (Å²) < 4.78 is 1.11. The number of unbranched alkanes of at least 4 members (excludes halogenated alkanes) is 1. The molecule has 0 aromatic carbocycles. The number of carbonyl (C=O) groups excluding carboxylic acids is 1. The zero-order valence-corrected chi connectivity index (χ0v) is 9.14. The van der Waals surface area contributed by atoms with Gasteiger partial charge in [-0.1, -0.05) is 0 Å². The van der Waals surface area contributed by atoms with Gasteiger partial charge in [0.05, 0.1) is 0 Å². The molecule has 6 nitrogen and oxygen atoms in total. The van der Waals surface area contributed by atoms with E-state index >= 15 is 0 Å². The first-order chi connectivity index (χ1) is 7.65. The molecule has 1 aromatic heterocycles. The minimum absolute atomic E-state index is 0.119. The molecule has 88 valence electrons. The maximum absolute atomic E-state index is 11.5. The minimum atomic E-state index is -0.312. The standard InChI is InChI=1S/C10H15N3O3/c1-13-9(15)5-4-8(12-13)10(16)11-6-2-3-7-14/h4-5,14H,2-3,6-7H2,1H3,(H,11,16). The summed E-state index contributed by atoms with van der Waals surface area (Å²) >= 11 is 0. The van der Waals surface area contributed by atoms with Crippen molar-refractivity contribution in [2.45, 2.75) is 12.8 Å². The van der Waals surface area contributed by atoms with E-state index < -0.39 is 0 Å². The van der Waals surface area contributed by atoms with Gasteiger partial charge in [-0.05, 0) is 18.9 Å². The SMILES string of the molecule is Cn1nc(C(=O)NCCCCO)ccc1=O. The van der Waals surface area contributed by atoms with E-state index in [2.05, 4.69) is 10.4 Å². The van der Waals surface area contributed by atoms with Gasteiger partial charge in [-0.2, -0.15) is 5.10 Å². The van der Waals surface area contributed by atoms with Gasteiger partial charge in [0, 0.05) is 26.3 Å². The molecular weight excluding hydrogens is 210 g/mol. The third-order valence-electron chi connectivity index (χ3n) is 2.06. The molecule has 1 rings (SSSR count). The Bertz CT molecular complexity index is 414. The van der Waals surface area contributed by atoms with Crippen LogP contribution in [0.25, 0.3) is 0 Å². The molecule has 0 spiro atoms. The van der Waals surface area contributed by atoms with E-state index in [4.69, 9.17) is 5.11 Å². The van der Waals surface area contributed by atoms with Gasteiger partial charge in [0.2, 0.25) is 0 Å². The molecule has 1 heterocycles. The summed E-state index contributed by atoms with van der Waals surface area (Å²) in [5, 5.41) is 15.0. The second-order valence-corrected chi connectivity index (χ2v) is 3.37. The number of hydrogen-bond acceptors (Lipinski definition) is 4. The summed E-state index contributed by atoms with van der Waals surface area (Å²) in [6.07, 6.45) is 1.37. The fourth-order valence-electron chi connectivity index (χ4n) is 1.15. The summed E-state index contributed by atoms with van der Waals surface area (Å²) in [6, 6.07) is 2.69. The molecule has 0 bridgehead atoms. The summed E-state index contributed by atoms with van der Waals surface area (Å²) in [7, 11) is 1.49. The van der Waals surface area contributed by atoms with E-state index in [9.17, 15) is 9.59 Å². The van der Waals surface area contributed by atoms with Crippen molar-refractivity contribution >= 4 is 5.91 Å². The van der Waals surface area contributed by atoms with E-state index in [-0.39, 0.29) is 23.8 Å². The first kappa shape index (κ1) is 12.4. The molecule has 16 heavy (non-hydrogen) atoms. The molecule has 6 heteroatoms. The van der Waals surface area contributed by atoms with Gasteiger partial charge < -0.3 is 10.4 Å². The number of nitrogens with zero attached hydrogens (tertiary/aromatic N) is 2. The fourth-order valence-corrected chi connectivity index (χ4v) is 1.15. The largest absolute Gasteiger partial charge is 0.396 e. The molecular formula is C10H15N3O3.